The molecule has 2 aromatic carbocycles. The summed E-state index contributed by atoms with van der Waals surface area (Å²) < 4.78 is 6.74. The molecule has 0 amide bonds. The molecule has 1 atom stereocenters. The van der Waals surface area contributed by atoms with Crippen molar-refractivity contribution < 1.29 is 4.74 Å². The average molecular weight is 372 g/mol. The summed E-state index contributed by atoms with van der Waals surface area (Å²) in [6.07, 6.45) is 2.00. The van der Waals surface area contributed by atoms with Crippen LogP contribution < -0.4 is 5.73 Å². The minimum absolute atomic E-state index is 0.102. The number of benzene rings is 2. The summed E-state index contributed by atoms with van der Waals surface area (Å²) in [6.45, 7) is 1.00. The highest BCUT2D eigenvalue weighted by Gasteiger charge is 2.12. The van der Waals surface area contributed by atoms with Crippen molar-refractivity contribution in [1.29, 1.82) is 0 Å². The van der Waals surface area contributed by atoms with Gasteiger partial charge in [-0.1, -0.05) is 66.2 Å². The van der Waals surface area contributed by atoms with Gasteiger partial charge in [-0.15, -0.1) is 11.3 Å². The van der Waals surface area contributed by atoms with Crippen LogP contribution in [0.3, 0.4) is 0 Å². The lowest BCUT2D eigenvalue weighted by Gasteiger charge is -2.14. The molecule has 0 saturated heterocycles. The minimum atomic E-state index is -0.102. The van der Waals surface area contributed by atoms with Crippen LogP contribution in [0.2, 0.25) is 4.34 Å². The van der Waals surface area contributed by atoms with Gasteiger partial charge < -0.3 is 10.5 Å². The van der Waals surface area contributed by atoms with E-state index in [2.05, 4.69) is 54.6 Å². The molecule has 0 aliphatic heterocycles. The van der Waals surface area contributed by atoms with E-state index in [1.807, 2.05) is 12.1 Å². The first-order chi connectivity index (χ1) is 12.2. The van der Waals surface area contributed by atoms with Crippen LogP contribution >= 0.6 is 22.9 Å². The fraction of sp³-hybridized carbons (Fsp3) is 0.238. The molecule has 3 aromatic rings. The number of hydrogen-bond donors (Lipinski definition) is 1. The number of halogens is 1. The normalized spacial score (nSPS) is 12.2. The number of aryl methyl sites for hydroxylation is 2. The summed E-state index contributed by atoms with van der Waals surface area (Å²) in [5, 5.41) is 0. The van der Waals surface area contributed by atoms with Gasteiger partial charge in [-0.2, -0.15) is 0 Å². The van der Waals surface area contributed by atoms with Crippen LogP contribution in [0.15, 0.2) is 66.7 Å². The molecule has 4 heteroatoms. The summed E-state index contributed by atoms with van der Waals surface area (Å²) in [5.41, 5.74) is 9.70. The molecule has 1 heterocycles. The minimum Gasteiger partial charge on any atom is -0.367 e. The van der Waals surface area contributed by atoms with Crippen molar-refractivity contribution in [3.63, 3.8) is 0 Å². The van der Waals surface area contributed by atoms with Gasteiger partial charge in [0.05, 0.1) is 10.9 Å². The molecular weight excluding hydrogens is 350 g/mol. The Morgan fingerprint density at radius 1 is 0.840 bits per heavy atom. The van der Waals surface area contributed by atoms with E-state index < -0.39 is 0 Å². The summed E-state index contributed by atoms with van der Waals surface area (Å²) in [7, 11) is 0. The molecule has 25 heavy (non-hydrogen) atoms. The maximum atomic E-state index is 5.99. The Kier molecular flexibility index (Phi) is 6.65. The van der Waals surface area contributed by atoms with E-state index in [0.29, 0.717) is 13.2 Å². The third kappa shape index (κ3) is 5.41. The number of ether oxygens (including phenoxy) is 1. The van der Waals surface area contributed by atoms with Gasteiger partial charge in [-0.25, -0.2) is 0 Å². The average Bonchev–Trinajstić information content (AvgIpc) is 3.08. The molecule has 130 valence electrons. The van der Waals surface area contributed by atoms with Crippen LogP contribution in [0.5, 0.6) is 0 Å². The number of rotatable bonds is 8. The molecule has 3 rings (SSSR count). The zero-order valence-electron chi connectivity index (χ0n) is 14.0. The Balaban J connectivity index is 1.51. The van der Waals surface area contributed by atoms with Gasteiger partial charge in [0.25, 0.3) is 0 Å². The molecule has 0 fully saturated rings. The summed E-state index contributed by atoms with van der Waals surface area (Å²) >= 11 is 7.52. The highest BCUT2D eigenvalue weighted by Crippen LogP contribution is 2.29. The molecule has 0 spiro atoms. The SMILES string of the molecule is NCC(OCc1ccc(CCc2ccccc2)cc1)c1ccc(Cl)s1. The predicted octanol–water partition coefficient (Wildman–Crippen LogP) is 5.40. The quantitative estimate of drug-likeness (QED) is 0.575. The highest BCUT2D eigenvalue weighted by molar-refractivity contribution is 7.16. The van der Waals surface area contributed by atoms with Crippen LogP contribution in [0.25, 0.3) is 0 Å². The van der Waals surface area contributed by atoms with E-state index in [1.165, 1.54) is 22.5 Å². The fourth-order valence-corrected chi connectivity index (χ4v) is 3.82. The molecule has 1 aromatic heterocycles. The van der Waals surface area contributed by atoms with E-state index in [9.17, 15) is 0 Å². The molecule has 2 nitrogen and oxygen atoms in total. The van der Waals surface area contributed by atoms with Crippen LogP contribution in [0.4, 0.5) is 0 Å². The van der Waals surface area contributed by atoms with E-state index in [1.54, 1.807) is 0 Å². The van der Waals surface area contributed by atoms with Crippen molar-refractivity contribution in [1.82, 2.24) is 0 Å². The Morgan fingerprint density at radius 2 is 1.48 bits per heavy atom. The Labute approximate surface area is 158 Å². The van der Waals surface area contributed by atoms with Crippen molar-refractivity contribution >= 4 is 22.9 Å². The standard InChI is InChI=1S/C21H22ClNOS/c22-21-13-12-20(25-21)19(14-23)24-15-18-10-8-17(9-11-18)7-6-16-4-2-1-3-5-16/h1-5,8-13,19H,6-7,14-15,23H2. The van der Waals surface area contributed by atoms with E-state index >= 15 is 0 Å². The largest absolute Gasteiger partial charge is 0.367 e. The van der Waals surface area contributed by atoms with Gasteiger partial charge in [0, 0.05) is 11.4 Å². The summed E-state index contributed by atoms with van der Waals surface area (Å²) in [5.74, 6) is 0. The third-order valence-electron chi connectivity index (χ3n) is 4.14. The zero-order valence-corrected chi connectivity index (χ0v) is 15.6. The smallest absolute Gasteiger partial charge is 0.104 e. The first-order valence-corrected chi connectivity index (χ1v) is 9.62. The molecule has 1 unspecified atom stereocenters. The molecule has 0 radical (unpaired) electrons. The summed E-state index contributed by atoms with van der Waals surface area (Å²) in [6, 6.07) is 23.1. The van der Waals surface area contributed by atoms with E-state index in [-0.39, 0.29) is 6.10 Å². The van der Waals surface area contributed by atoms with E-state index in [4.69, 9.17) is 22.1 Å². The van der Waals surface area contributed by atoms with Gasteiger partial charge in [-0.3, -0.25) is 0 Å². The first-order valence-electron chi connectivity index (χ1n) is 8.43. The number of nitrogens with two attached hydrogens (primary N) is 1. The Bertz CT molecular complexity index is 770. The molecular formula is C21H22ClNOS. The topological polar surface area (TPSA) is 35.2 Å². The molecule has 2 N–H and O–H groups in total. The lowest BCUT2D eigenvalue weighted by Crippen LogP contribution is -2.14. The number of thiophene rings is 1. The van der Waals surface area contributed by atoms with Crippen LogP contribution in [-0.2, 0) is 24.2 Å². The predicted molar refractivity (Wildman–Crippen MR) is 106 cm³/mol. The van der Waals surface area contributed by atoms with Gasteiger partial charge in [0.2, 0.25) is 0 Å². The maximum absolute atomic E-state index is 5.99. The molecule has 0 bridgehead atoms. The van der Waals surface area contributed by atoms with Gasteiger partial charge in [0.1, 0.15) is 6.10 Å². The van der Waals surface area contributed by atoms with Crippen LogP contribution in [0, 0.1) is 0 Å². The van der Waals surface area contributed by atoms with Crippen molar-refractivity contribution in [3.05, 3.63) is 92.6 Å². The lowest BCUT2D eigenvalue weighted by molar-refractivity contribution is 0.0480. The third-order valence-corrected chi connectivity index (χ3v) is 5.47. The zero-order chi connectivity index (χ0) is 17.5. The highest BCUT2D eigenvalue weighted by atomic mass is 35.5. The van der Waals surface area contributed by atoms with Gasteiger partial charge in [-0.05, 0) is 41.7 Å². The molecule has 0 aliphatic rings. The lowest BCUT2D eigenvalue weighted by atomic mass is 10.0. The molecule has 0 aliphatic carbocycles. The fourth-order valence-electron chi connectivity index (χ4n) is 2.70. The van der Waals surface area contributed by atoms with Crippen LogP contribution in [-0.4, -0.2) is 6.54 Å². The van der Waals surface area contributed by atoms with Gasteiger partial charge in [0.15, 0.2) is 0 Å². The monoisotopic (exact) mass is 371 g/mol. The summed E-state index contributed by atoms with van der Waals surface area (Å²) in [4.78, 5) is 1.08. The second kappa shape index (κ2) is 9.16. The number of hydrogen-bond acceptors (Lipinski definition) is 3. The van der Waals surface area contributed by atoms with Crippen molar-refractivity contribution in [2.75, 3.05) is 6.54 Å². The second-order valence-electron chi connectivity index (χ2n) is 5.98. The van der Waals surface area contributed by atoms with Crippen molar-refractivity contribution in [2.24, 2.45) is 5.73 Å². The van der Waals surface area contributed by atoms with Crippen LogP contribution in [0.1, 0.15) is 27.7 Å². The first kappa shape index (κ1) is 18.2. The van der Waals surface area contributed by atoms with Gasteiger partial charge >= 0.3 is 0 Å². The molecule has 0 saturated carbocycles. The maximum Gasteiger partial charge on any atom is 0.104 e. The Hall–Kier alpha value is -1.65. The van der Waals surface area contributed by atoms with Crippen molar-refractivity contribution in [2.45, 2.75) is 25.6 Å². The van der Waals surface area contributed by atoms with E-state index in [0.717, 1.165) is 27.6 Å². The second-order valence-corrected chi connectivity index (χ2v) is 7.73. The van der Waals surface area contributed by atoms with Crippen molar-refractivity contribution in [3.8, 4) is 0 Å². The Morgan fingerprint density at radius 3 is 2.08 bits per heavy atom.